The summed E-state index contributed by atoms with van der Waals surface area (Å²) in [5, 5.41) is 0. The smallest absolute Gasteiger partial charge is 0.0717 e. The molecule has 2 rings (SSSR count). The van der Waals surface area contributed by atoms with E-state index in [1.54, 1.807) is 0 Å². The summed E-state index contributed by atoms with van der Waals surface area (Å²) in [5.74, 6) is 0. The second-order valence-corrected chi connectivity index (χ2v) is 5.16. The summed E-state index contributed by atoms with van der Waals surface area (Å²) in [4.78, 5) is 0. The first-order chi connectivity index (χ1) is 11.2. The van der Waals surface area contributed by atoms with Crippen LogP contribution in [0.1, 0.15) is 24.5 Å². The van der Waals surface area contributed by atoms with Crippen LogP contribution < -0.4 is 17.2 Å². The molecule has 0 fully saturated rings. The Balaban J connectivity index is 0.000000238. The fourth-order valence-corrected chi connectivity index (χ4v) is 1.75. The summed E-state index contributed by atoms with van der Waals surface area (Å²) >= 11 is 0. The summed E-state index contributed by atoms with van der Waals surface area (Å²) in [5.41, 5.74) is 19.2. The molecular weight excluding hydrogens is 286 g/mol. The molecule has 4 nitrogen and oxygen atoms in total. The van der Waals surface area contributed by atoms with Crippen molar-refractivity contribution in [3.05, 3.63) is 78.0 Å². The second kappa shape index (κ2) is 11.3. The van der Waals surface area contributed by atoms with Crippen molar-refractivity contribution in [2.75, 3.05) is 6.61 Å². The molecule has 1 atom stereocenters. The van der Waals surface area contributed by atoms with Gasteiger partial charge >= 0.3 is 0 Å². The van der Waals surface area contributed by atoms with Gasteiger partial charge < -0.3 is 21.9 Å². The van der Waals surface area contributed by atoms with Crippen molar-refractivity contribution in [1.29, 1.82) is 0 Å². The van der Waals surface area contributed by atoms with Crippen LogP contribution in [0.3, 0.4) is 0 Å². The highest BCUT2D eigenvalue weighted by molar-refractivity contribution is 5.61. The molecule has 4 heteroatoms. The Morgan fingerprint density at radius 1 is 1.04 bits per heavy atom. The van der Waals surface area contributed by atoms with Gasteiger partial charge in [0.15, 0.2) is 0 Å². The van der Waals surface area contributed by atoms with Crippen LogP contribution in [0.5, 0.6) is 0 Å². The van der Waals surface area contributed by atoms with E-state index in [0.717, 1.165) is 12.0 Å². The minimum Gasteiger partial charge on any atom is -0.403 e. The monoisotopic (exact) mass is 313 g/mol. The lowest BCUT2D eigenvalue weighted by Gasteiger charge is -2.09. The van der Waals surface area contributed by atoms with Crippen molar-refractivity contribution in [2.24, 2.45) is 17.2 Å². The van der Waals surface area contributed by atoms with Crippen LogP contribution in [0.4, 0.5) is 0 Å². The molecular formula is C19H27N3O. The number of hydrogen-bond acceptors (Lipinski definition) is 4. The van der Waals surface area contributed by atoms with E-state index in [2.05, 4.69) is 19.1 Å². The predicted octanol–water partition coefficient (Wildman–Crippen LogP) is 2.84. The molecule has 0 saturated heterocycles. The molecule has 0 aliphatic rings. The Hall–Kier alpha value is -2.30. The average Bonchev–Trinajstić information content (AvgIpc) is 2.63. The van der Waals surface area contributed by atoms with Gasteiger partial charge in [0, 0.05) is 12.2 Å². The molecule has 0 spiro atoms. The minimum atomic E-state index is 0.170. The summed E-state index contributed by atoms with van der Waals surface area (Å²) in [6.07, 6.45) is 2.37. The first kappa shape index (κ1) is 18.7. The third-order valence-corrected chi connectivity index (χ3v) is 3.25. The van der Waals surface area contributed by atoms with E-state index >= 15 is 0 Å². The molecule has 2 aromatic rings. The summed E-state index contributed by atoms with van der Waals surface area (Å²) in [6.45, 7) is 3.37. The zero-order valence-corrected chi connectivity index (χ0v) is 13.7. The summed E-state index contributed by atoms with van der Waals surface area (Å²) < 4.78 is 5.45. The van der Waals surface area contributed by atoms with Crippen LogP contribution in [0.25, 0.3) is 5.70 Å². The van der Waals surface area contributed by atoms with Gasteiger partial charge in [0.1, 0.15) is 0 Å². The van der Waals surface area contributed by atoms with Gasteiger partial charge in [0.25, 0.3) is 0 Å². The van der Waals surface area contributed by atoms with E-state index < -0.39 is 0 Å². The van der Waals surface area contributed by atoms with Gasteiger partial charge in [-0.1, -0.05) is 67.6 Å². The molecule has 0 heterocycles. The highest BCUT2D eigenvalue weighted by Crippen LogP contribution is 2.05. The van der Waals surface area contributed by atoms with E-state index in [9.17, 15) is 0 Å². The fraction of sp³-hybridized carbons (Fsp3) is 0.263. The highest BCUT2D eigenvalue weighted by Gasteiger charge is 1.98. The van der Waals surface area contributed by atoms with E-state index in [0.29, 0.717) is 18.9 Å². The van der Waals surface area contributed by atoms with Gasteiger partial charge in [-0.2, -0.15) is 0 Å². The van der Waals surface area contributed by atoms with Crippen LogP contribution in [-0.2, 0) is 11.3 Å². The molecule has 0 radical (unpaired) electrons. The summed E-state index contributed by atoms with van der Waals surface area (Å²) in [7, 11) is 0. The van der Waals surface area contributed by atoms with Crippen molar-refractivity contribution in [3.63, 3.8) is 0 Å². The average molecular weight is 313 g/mol. The van der Waals surface area contributed by atoms with Crippen molar-refractivity contribution in [1.82, 2.24) is 0 Å². The van der Waals surface area contributed by atoms with Gasteiger partial charge in [-0.3, -0.25) is 0 Å². The minimum absolute atomic E-state index is 0.170. The lowest BCUT2D eigenvalue weighted by atomic mass is 10.2. The van der Waals surface area contributed by atoms with Gasteiger partial charge in [0.05, 0.1) is 18.9 Å². The van der Waals surface area contributed by atoms with Crippen LogP contribution in [-0.4, -0.2) is 12.6 Å². The standard InChI is InChI=1S/C11H17NO.C8H10N2/c1-2-11(12)9-13-8-10-6-4-3-5-7-10;9-6-8(10)7-4-2-1-3-5-7/h3-7,11H,2,8-9,12H2,1H3;1-6H,9-10H2/b;8-6-. The third-order valence-electron chi connectivity index (χ3n) is 3.25. The Bertz CT molecular complexity index is 555. The van der Waals surface area contributed by atoms with Crippen LogP contribution >= 0.6 is 0 Å². The molecule has 0 amide bonds. The summed E-state index contributed by atoms with van der Waals surface area (Å²) in [6, 6.07) is 19.9. The van der Waals surface area contributed by atoms with Gasteiger partial charge in [-0.15, -0.1) is 0 Å². The number of benzene rings is 2. The topological polar surface area (TPSA) is 87.3 Å². The second-order valence-electron chi connectivity index (χ2n) is 5.16. The SMILES string of the molecule is CCC(N)COCc1ccccc1.N/C=C(\N)c1ccccc1. The lowest BCUT2D eigenvalue weighted by molar-refractivity contribution is 0.107. The molecule has 6 N–H and O–H groups in total. The molecule has 0 aliphatic carbocycles. The van der Waals surface area contributed by atoms with Crippen LogP contribution in [0.15, 0.2) is 66.9 Å². The van der Waals surface area contributed by atoms with Crippen LogP contribution in [0, 0.1) is 0 Å². The molecule has 124 valence electrons. The van der Waals surface area contributed by atoms with Gasteiger partial charge in [-0.25, -0.2) is 0 Å². The van der Waals surface area contributed by atoms with Gasteiger partial charge in [0.2, 0.25) is 0 Å². The zero-order chi connectivity index (χ0) is 16.9. The Morgan fingerprint density at radius 3 is 2.13 bits per heavy atom. The molecule has 23 heavy (non-hydrogen) atoms. The van der Waals surface area contributed by atoms with Crippen molar-refractivity contribution in [2.45, 2.75) is 26.0 Å². The number of nitrogens with two attached hydrogens (primary N) is 3. The van der Waals surface area contributed by atoms with E-state index in [1.807, 2.05) is 48.5 Å². The maximum absolute atomic E-state index is 5.71. The van der Waals surface area contributed by atoms with E-state index in [-0.39, 0.29) is 6.04 Å². The van der Waals surface area contributed by atoms with Crippen molar-refractivity contribution >= 4 is 5.70 Å². The first-order valence-corrected chi connectivity index (χ1v) is 7.77. The van der Waals surface area contributed by atoms with Crippen molar-refractivity contribution in [3.8, 4) is 0 Å². The zero-order valence-electron chi connectivity index (χ0n) is 13.7. The molecule has 0 bridgehead atoms. The molecule has 0 saturated carbocycles. The quantitative estimate of drug-likeness (QED) is 0.765. The Labute approximate surface area is 138 Å². The third kappa shape index (κ3) is 8.04. The maximum Gasteiger partial charge on any atom is 0.0717 e. The first-order valence-electron chi connectivity index (χ1n) is 7.77. The lowest BCUT2D eigenvalue weighted by Crippen LogP contribution is -2.24. The normalized spacial score (nSPS) is 12.2. The van der Waals surface area contributed by atoms with Gasteiger partial charge in [-0.05, 0) is 17.5 Å². The highest BCUT2D eigenvalue weighted by atomic mass is 16.5. The van der Waals surface area contributed by atoms with E-state index in [1.165, 1.54) is 11.8 Å². The van der Waals surface area contributed by atoms with Crippen LogP contribution in [0.2, 0.25) is 0 Å². The molecule has 0 aromatic heterocycles. The number of ether oxygens (including phenoxy) is 1. The molecule has 2 aromatic carbocycles. The molecule has 1 unspecified atom stereocenters. The van der Waals surface area contributed by atoms with Crippen molar-refractivity contribution < 1.29 is 4.74 Å². The fourth-order valence-electron chi connectivity index (χ4n) is 1.75. The predicted molar refractivity (Wildman–Crippen MR) is 97.2 cm³/mol. The Morgan fingerprint density at radius 2 is 1.61 bits per heavy atom. The largest absolute Gasteiger partial charge is 0.403 e. The Kier molecular flexibility index (Phi) is 9.20. The molecule has 0 aliphatic heterocycles. The maximum atomic E-state index is 5.71. The van der Waals surface area contributed by atoms with E-state index in [4.69, 9.17) is 21.9 Å². The number of hydrogen-bond donors (Lipinski definition) is 3. The number of rotatable bonds is 6.